The molecule has 0 fully saturated rings. The van der Waals surface area contributed by atoms with Gasteiger partial charge in [0.15, 0.2) is 0 Å². The van der Waals surface area contributed by atoms with Crippen molar-refractivity contribution < 1.29 is 14.3 Å². The summed E-state index contributed by atoms with van der Waals surface area (Å²) in [6.45, 7) is 1.14. The number of amides is 2. The highest BCUT2D eigenvalue weighted by atomic mass is 35.5. The second kappa shape index (κ2) is 9.35. The zero-order valence-corrected chi connectivity index (χ0v) is 16.8. The number of fused-ring (bicyclic) bond motifs is 1. The third-order valence-electron chi connectivity index (χ3n) is 4.54. The number of aryl methyl sites for hydroxylation is 1. The van der Waals surface area contributed by atoms with E-state index in [-0.39, 0.29) is 11.8 Å². The predicted molar refractivity (Wildman–Crippen MR) is 109 cm³/mol. The fourth-order valence-corrected chi connectivity index (χ4v) is 4.59. The van der Waals surface area contributed by atoms with E-state index >= 15 is 0 Å². The molecule has 0 saturated heterocycles. The lowest BCUT2D eigenvalue weighted by atomic mass is 9.95. The van der Waals surface area contributed by atoms with Crippen LogP contribution in [0.4, 0.5) is 5.00 Å². The zero-order valence-electron chi connectivity index (χ0n) is 15.3. The number of methoxy groups -OCH3 is 1. The Morgan fingerprint density at radius 1 is 1.15 bits per heavy atom. The zero-order chi connectivity index (χ0) is 19.2. The topological polar surface area (TPSA) is 67.4 Å². The van der Waals surface area contributed by atoms with E-state index in [1.807, 2.05) is 0 Å². The number of anilines is 1. The molecule has 1 aromatic carbocycles. The highest BCUT2D eigenvalue weighted by Gasteiger charge is 2.26. The summed E-state index contributed by atoms with van der Waals surface area (Å²) in [5.41, 5.74) is 2.22. The number of rotatable bonds is 7. The van der Waals surface area contributed by atoms with Crippen molar-refractivity contribution in [1.82, 2.24) is 5.32 Å². The van der Waals surface area contributed by atoms with E-state index in [2.05, 4.69) is 10.6 Å². The van der Waals surface area contributed by atoms with Crippen molar-refractivity contribution in [3.63, 3.8) is 0 Å². The molecule has 0 atom stereocenters. The lowest BCUT2D eigenvalue weighted by Crippen LogP contribution is -2.27. The summed E-state index contributed by atoms with van der Waals surface area (Å²) < 4.78 is 5.02. The molecule has 0 bridgehead atoms. The molecule has 1 aliphatic carbocycles. The van der Waals surface area contributed by atoms with E-state index in [0.29, 0.717) is 34.3 Å². The van der Waals surface area contributed by atoms with Gasteiger partial charge < -0.3 is 15.4 Å². The molecule has 0 aliphatic heterocycles. The molecule has 3 rings (SSSR count). The maximum Gasteiger partial charge on any atom is 0.256 e. The van der Waals surface area contributed by atoms with E-state index in [1.54, 1.807) is 31.4 Å². The van der Waals surface area contributed by atoms with Crippen LogP contribution in [0.5, 0.6) is 0 Å². The predicted octanol–water partition coefficient (Wildman–Crippen LogP) is 4.30. The molecule has 0 unspecified atom stereocenters. The highest BCUT2D eigenvalue weighted by molar-refractivity contribution is 7.17. The number of hydrogen-bond acceptors (Lipinski definition) is 4. The van der Waals surface area contributed by atoms with Gasteiger partial charge in [-0.3, -0.25) is 9.59 Å². The van der Waals surface area contributed by atoms with Gasteiger partial charge in [-0.25, -0.2) is 0 Å². The van der Waals surface area contributed by atoms with Gasteiger partial charge in [0.25, 0.3) is 11.8 Å². The summed E-state index contributed by atoms with van der Waals surface area (Å²) in [7, 11) is 1.64. The van der Waals surface area contributed by atoms with Gasteiger partial charge in [0.1, 0.15) is 5.00 Å². The molecular formula is C20H23ClN2O3S. The Kier molecular flexibility index (Phi) is 6.88. The summed E-state index contributed by atoms with van der Waals surface area (Å²) in [5.74, 6) is -0.365. The number of nitrogens with one attached hydrogen (secondary N) is 2. The minimum absolute atomic E-state index is 0.128. The third kappa shape index (κ3) is 4.89. The summed E-state index contributed by atoms with van der Waals surface area (Å²) in [4.78, 5) is 26.6. The number of halogens is 1. The highest BCUT2D eigenvalue weighted by Crippen LogP contribution is 2.38. The third-order valence-corrected chi connectivity index (χ3v) is 6.00. The maximum atomic E-state index is 12.8. The molecule has 1 aromatic heterocycles. The van der Waals surface area contributed by atoms with Crippen LogP contribution >= 0.6 is 22.9 Å². The molecule has 0 spiro atoms. The first-order valence-corrected chi connectivity index (χ1v) is 10.3. The Morgan fingerprint density at radius 2 is 1.89 bits per heavy atom. The molecule has 0 saturated carbocycles. The summed E-state index contributed by atoms with van der Waals surface area (Å²) in [5, 5.41) is 7.10. The van der Waals surface area contributed by atoms with E-state index < -0.39 is 0 Å². The molecule has 2 aromatic rings. The quantitative estimate of drug-likeness (QED) is 0.673. The fourth-order valence-electron chi connectivity index (χ4n) is 3.18. The molecule has 1 aliphatic rings. The van der Waals surface area contributed by atoms with E-state index in [1.165, 1.54) is 16.2 Å². The first-order chi connectivity index (χ1) is 13.1. The second-order valence-corrected chi connectivity index (χ2v) is 8.02. The molecule has 7 heteroatoms. The van der Waals surface area contributed by atoms with E-state index in [0.717, 1.165) is 37.7 Å². The Balaban J connectivity index is 1.81. The summed E-state index contributed by atoms with van der Waals surface area (Å²) in [6.07, 6.45) is 4.77. The van der Waals surface area contributed by atoms with Crippen molar-refractivity contribution in [2.24, 2.45) is 0 Å². The van der Waals surface area contributed by atoms with Crippen LogP contribution in [0.2, 0.25) is 5.02 Å². The maximum absolute atomic E-state index is 12.8. The van der Waals surface area contributed by atoms with Crippen LogP contribution in [-0.4, -0.2) is 32.1 Å². The van der Waals surface area contributed by atoms with Crippen LogP contribution < -0.4 is 10.6 Å². The lowest BCUT2D eigenvalue weighted by Gasteiger charge is -2.13. The molecule has 1 heterocycles. The van der Waals surface area contributed by atoms with Crippen molar-refractivity contribution in [2.75, 3.05) is 25.6 Å². The largest absolute Gasteiger partial charge is 0.385 e. The van der Waals surface area contributed by atoms with Crippen LogP contribution in [0.1, 0.15) is 50.4 Å². The van der Waals surface area contributed by atoms with E-state index in [4.69, 9.17) is 16.3 Å². The van der Waals surface area contributed by atoms with Gasteiger partial charge in [0.05, 0.1) is 5.56 Å². The van der Waals surface area contributed by atoms with Crippen molar-refractivity contribution in [1.29, 1.82) is 0 Å². The number of thiophene rings is 1. The number of carbonyl (C=O) groups excluding carboxylic acids is 2. The van der Waals surface area contributed by atoms with Crippen LogP contribution in [0.25, 0.3) is 0 Å². The summed E-state index contributed by atoms with van der Waals surface area (Å²) >= 11 is 7.41. The van der Waals surface area contributed by atoms with Crippen molar-refractivity contribution in [3.8, 4) is 0 Å². The van der Waals surface area contributed by atoms with Gasteiger partial charge in [-0.15, -0.1) is 11.3 Å². The van der Waals surface area contributed by atoms with Crippen molar-refractivity contribution in [2.45, 2.75) is 32.1 Å². The fraction of sp³-hybridized carbons (Fsp3) is 0.400. The van der Waals surface area contributed by atoms with E-state index in [9.17, 15) is 9.59 Å². The average molecular weight is 407 g/mol. The Labute approximate surface area is 168 Å². The molecule has 0 radical (unpaired) electrons. The van der Waals surface area contributed by atoms with Gasteiger partial charge in [0.2, 0.25) is 0 Å². The van der Waals surface area contributed by atoms with Gasteiger partial charge in [-0.05, 0) is 61.9 Å². The average Bonchev–Trinajstić information content (AvgIpc) is 3.03. The van der Waals surface area contributed by atoms with Crippen LogP contribution in [0.15, 0.2) is 24.3 Å². The first-order valence-electron chi connectivity index (χ1n) is 9.08. The lowest BCUT2D eigenvalue weighted by molar-refractivity contribution is 0.0948. The van der Waals surface area contributed by atoms with Crippen LogP contribution in [-0.2, 0) is 17.6 Å². The monoisotopic (exact) mass is 406 g/mol. The standard InChI is InChI=1S/C20H23ClN2O3S/c1-26-12-4-11-22-19(25)17-15-5-2-3-6-16(15)27-20(17)23-18(24)13-7-9-14(21)10-8-13/h7-10H,2-6,11-12H2,1H3,(H,22,25)(H,23,24). The number of carbonyl (C=O) groups is 2. The molecule has 5 nitrogen and oxygen atoms in total. The van der Waals surface area contributed by atoms with Gasteiger partial charge in [-0.1, -0.05) is 11.6 Å². The molecule has 27 heavy (non-hydrogen) atoms. The minimum atomic E-state index is -0.237. The summed E-state index contributed by atoms with van der Waals surface area (Å²) in [6, 6.07) is 6.71. The molecule has 2 amide bonds. The molecule has 2 N–H and O–H groups in total. The van der Waals surface area contributed by atoms with Gasteiger partial charge in [-0.2, -0.15) is 0 Å². The SMILES string of the molecule is COCCCNC(=O)c1c(NC(=O)c2ccc(Cl)cc2)sc2c1CCCC2. The van der Waals surface area contributed by atoms with Crippen molar-refractivity contribution in [3.05, 3.63) is 50.9 Å². The molecule has 144 valence electrons. The Bertz CT molecular complexity index is 817. The van der Waals surface area contributed by atoms with Gasteiger partial charge in [0, 0.05) is 35.7 Å². The number of ether oxygens (including phenoxy) is 1. The van der Waals surface area contributed by atoms with Gasteiger partial charge >= 0.3 is 0 Å². The van der Waals surface area contributed by atoms with Crippen LogP contribution in [0.3, 0.4) is 0 Å². The normalized spacial score (nSPS) is 13.1. The van der Waals surface area contributed by atoms with Crippen molar-refractivity contribution >= 4 is 39.8 Å². The molecular weight excluding hydrogens is 384 g/mol. The Morgan fingerprint density at radius 3 is 2.63 bits per heavy atom. The first kappa shape index (κ1) is 19.9. The minimum Gasteiger partial charge on any atom is -0.385 e. The second-order valence-electron chi connectivity index (χ2n) is 6.48. The number of hydrogen-bond donors (Lipinski definition) is 2. The number of benzene rings is 1. The Hall–Kier alpha value is -1.89. The van der Waals surface area contributed by atoms with Crippen LogP contribution in [0, 0.1) is 0 Å². The smallest absolute Gasteiger partial charge is 0.256 e.